The second kappa shape index (κ2) is 4.61. The van der Waals surface area contributed by atoms with Gasteiger partial charge in [-0.1, -0.05) is 42.0 Å². The molecule has 0 spiro atoms. The molecule has 0 amide bonds. The van der Waals surface area contributed by atoms with Crippen LogP contribution < -0.4 is 0 Å². The van der Waals surface area contributed by atoms with Crippen molar-refractivity contribution < 1.29 is 4.92 Å². The van der Waals surface area contributed by atoms with Crippen LogP contribution in [0.5, 0.6) is 0 Å². The van der Waals surface area contributed by atoms with Crippen molar-refractivity contribution in [3.05, 3.63) is 57.7 Å². The van der Waals surface area contributed by atoms with Gasteiger partial charge in [0.2, 0.25) is 0 Å². The van der Waals surface area contributed by atoms with E-state index in [1.165, 1.54) is 0 Å². The molecule has 0 saturated carbocycles. The molecule has 2 rings (SSSR count). The molecule has 4 nitrogen and oxygen atoms in total. The molecule has 2 atom stereocenters. The third-order valence-electron chi connectivity index (χ3n) is 3.59. The van der Waals surface area contributed by atoms with E-state index in [-0.39, 0.29) is 12.3 Å². The van der Waals surface area contributed by atoms with Gasteiger partial charge in [-0.25, -0.2) is 0 Å². The first-order chi connectivity index (χ1) is 8.60. The molecule has 0 unspecified atom stereocenters. The molecule has 0 fully saturated rings. The van der Waals surface area contributed by atoms with E-state index in [1.54, 1.807) is 0 Å². The summed E-state index contributed by atoms with van der Waals surface area (Å²) in [5.74, 6) is -0.372. The first-order valence-electron chi connectivity index (χ1n) is 5.86. The smallest absolute Gasteiger partial charge is 0.263 e. The van der Waals surface area contributed by atoms with Crippen molar-refractivity contribution in [2.45, 2.75) is 31.2 Å². The molecule has 0 radical (unpaired) electrons. The summed E-state index contributed by atoms with van der Waals surface area (Å²) in [5.41, 5.74) is 0.445. The summed E-state index contributed by atoms with van der Waals surface area (Å²) in [5, 5.41) is 20.7. The molecule has 0 aliphatic heterocycles. The quantitative estimate of drug-likeness (QED) is 0.454. The van der Waals surface area contributed by atoms with Crippen LogP contribution in [0.3, 0.4) is 0 Å². The van der Waals surface area contributed by atoms with Crippen molar-refractivity contribution in [3.63, 3.8) is 0 Å². The second-order valence-corrected chi connectivity index (χ2v) is 4.72. The molecule has 92 valence electrons. The minimum Gasteiger partial charge on any atom is -0.263 e. The zero-order chi connectivity index (χ0) is 13.2. The fraction of sp³-hybridized carbons (Fsp3) is 0.357. The van der Waals surface area contributed by atoms with Crippen LogP contribution in [-0.2, 0) is 0 Å². The zero-order valence-corrected chi connectivity index (χ0v) is 10.2. The highest BCUT2D eigenvalue weighted by molar-refractivity contribution is 5.32. The van der Waals surface area contributed by atoms with Crippen molar-refractivity contribution in [3.8, 4) is 6.07 Å². The fourth-order valence-electron chi connectivity index (χ4n) is 2.49. The highest BCUT2D eigenvalue weighted by atomic mass is 16.6. The van der Waals surface area contributed by atoms with Gasteiger partial charge in [0.05, 0.1) is 12.3 Å². The van der Waals surface area contributed by atoms with E-state index >= 15 is 0 Å². The third-order valence-corrected chi connectivity index (χ3v) is 3.59. The van der Waals surface area contributed by atoms with Crippen LogP contribution >= 0.6 is 0 Å². The largest absolute Gasteiger partial charge is 0.315 e. The first-order valence-corrected chi connectivity index (χ1v) is 5.86. The van der Waals surface area contributed by atoms with E-state index in [9.17, 15) is 15.4 Å². The summed E-state index contributed by atoms with van der Waals surface area (Å²) < 4.78 is 0. The van der Waals surface area contributed by atoms with E-state index in [0.29, 0.717) is 6.42 Å². The van der Waals surface area contributed by atoms with E-state index in [0.717, 1.165) is 11.1 Å². The van der Waals surface area contributed by atoms with Gasteiger partial charge in [0.25, 0.3) is 0 Å². The first kappa shape index (κ1) is 12.3. The number of allylic oxidation sites excluding steroid dienone is 1. The maximum absolute atomic E-state index is 11.4. The van der Waals surface area contributed by atoms with Crippen molar-refractivity contribution in [2.75, 3.05) is 0 Å². The molecule has 1 aliphatic carbocycles. The van der Waals surface area contributed by atoms with Gasteiger partial charge in [-0.3, -0.25) is 10.1 Å². The number of nitriles is 1. The summed E-state index contributed by atoms with van der Waals surface area (Å²) in [6.45, 7) is 1.96. The van der Waals surface area contributed by atoms with Crippen molar-refractivity contribution >= 4 is 0 Å². The summed E-state index contributed by atoms with van der Waals surface area (Å²) in [4.78, 5) is 10.9. The Kier molecular flexibility index (Phi) is 3.15. The lowest BCUT2D eigenvalue weighted by Gasteiger charge is -2.31. The molecule has 1 aromatic carbocycles. The van der Waals surface area contributed by atoms with Crippen LogP contribution in [-0.4, -0.2) is 10.5 Å². The summed E-state index contributed by atoms with van der Waals surface area (Å²) >= 11 is 0. The van der Waals surface area contributed by atoms with Crippen LogP contribution in [0.25, 0.3) is 0 Å². The Morgan fingerprint density at radius 3 is 2.67 bits per heavy atom. The molecule has 0 saturated heterocycles. The molecular weight excluding hydrogens is 228 g/mol. The molecule has 4 heteroatoms. The lowest BCUT2D eigenvalue weighted by atomic mass is 9.71. The zero-order valence-electron chi connectivity index (χ0n) is 10.2. The highest BCUT2D eigenvalue weighted by Gasteiger charge is 2.52. The molecular formula is C14H14N2O2. The number of rotatable bonds is 2. The van der Waals surface area contributed by atoms with Crippen LogP contribution in [0.4, 0.5) is 0 Å². The Hall–Kier alpha value is -2.15. The van der Waals surface area contributed by atoms with Gasteiger partial charge in [0, 0.05) is 4.92 Å². The Morgan fingerprint density at radius 2 is 2.11 bits per heavy atom. The van der Waals surface area contributed by atoms with Crippen molar-refractivity contribution in [2.24, 2.45) is 0 Å². The number of nitrogens with zero attached hydrogens (tertiary/aromatic N) is 2. The predicted octanol–water partition coefficient (Wildman–Crippen LogP) is 3.05. The number of benzene rings is 1. The molecule has 0 N–H and O–H groups in total. The molecule has 18 heavy (non-hydrogen) atoms. The van der Waals surface area contributed by atoms with E-state index < -0.39 is 10.5 Å². The Morgan fingerprint density at radius 1 is 1.44 bits per heavy atom. The van der Waals surface area contributed by atoms with Gasteiger partial charge < -0.3 is 0 Å². The molecule has 0 heterocycles. The lowest BCUT2D eigenvalue weighted by molar-refractivity contribution is -0.557. The monoisotopic (exact) mass is 242 g/mol. The SMILES string of the molecule is CC1=CC[C@](C#N)([N+](=O)[O-])[C@@H](c2ccccc2)C1. The fourth-order valence-corrected chi connectivity index (χ4v) is 2.49. The van der Waals surface area contributed by atoms with Gasteiger partial charge in [0.1, 0.15) is 6.07 Å². The lowest BCUT2D eigenvalue weighted by Crippen LogP contribution is -2.44. The maximum atomic E-state index is 11.4. The summed E-state index contributed by atoms with van der Waals surface area (Å²) in [6, 6.07) is 11.2. The number of hydrogen-bond donors (Lipinski definition) is 0. The number of nitro groups is 1. The summed E-state index contributed by atoms with van der Waals surface area (Å²) in [6.07, 6.45) is 2.56. The van der Waals surface area contributed by atoms with Crippen molar-refractivity contribution in [1.29, 1.82) is 5.26 Å². The van der Waals surface area contributed by atoms with E-state index in [1.807, 2.05) is 49.4 Å². The van der Waals surface area contributed by atoms with Crippen LogP contribution in [0.2, 0.25) is 0 Å². The number of hydrogen-bond acceptors (Lipinski definition) is 3. The van der Waals surface area contributed by atoms with Crippen LogP contribution in [0.1, 0.15) is 31.2 Å². The molecule has 0 bridgehead atoms. The average Bonchev–Trinajstić information content (AvgIpc) is 2.39. The van der Waals surface area contributed by atoms with Gasteiger partial charge in [-0.15, -0.1) is 0 Å². The molecule has 1 aliphatic rings. The maximum Gasteiger partial charge on any atom is 0.315 e. The van der Waals surface area contributed by atoms with E-state index in [4.69, 9.17) is 0 Å². The molecule has 1 aromatic rings. The van der Waals surface area contributed by atoms with Crippen molar-refractivity contribution in [1.82, 2.24) is 0 Å². The van der Waals surface area contributed by atoms with Gasteiger partial charge in [-0.05, 0) is 18.9 Å². The van der Waals surface area contributed by atoms with Gasteiger partial charge >= 0.3 is 5.54 Å². The topological polar surface area (TPSA) is 66.9 Å². The normalized spacial score (nSPS) is 27.1. The van der Waals surface area contributed by atoms with Crippen LogP contribution in [0.15, 0.2) is 42.0 Å². The highest BCUT2D eigenvalue weighted by Crippen LogP contribution is 2.42. The van der Waals surface area contributed by atoms with Crippen LogP contribution in [0, 0.1) is 21.4 Å². The van der Waals surface area contributed by atoms with Gasteiger partial charge in [-0.2, -0.15) is 5.26 Å². The Balaban J connectivity index is 2.51. The average molecular weight is 242 g/mol. The summed E-state index contributed by atoms with van der Waals surface area (Å²) in [7, 11) is 0. The van der Waals surface area contributed by atoms with Gasteiger partial charge in [0.15, 0.2) is 0 Å². The minimum absolute atomic E-state index is 0.182. The Labute approximate surface area is 106 Å². The van der Waals surface area contributed by atoms with E-state index in [2.05, 4.69) is 0 Å². The minimum atomic E-state index is -1.53. The molecule has 0 aromatic heterocycles. The standard InChI is InChI=1S/C14H14N2O2/c1-11-7-8-14(10-15,16(17)18)13(9-11)12-5-3-2-4-6-12/h2-7,13H,8-9H2,1H3/t13-,14-/m1/s1. The Bertz CT molecular complexity index is 530. The third kappa shape index (κ3) is 1.88. The predicted molar refractivity (Wildman–Crippen MR) is 67.5 cm³/mol. The second-order valence-electron chi connectivity index (χ2n) is 4.72.